The van der Waals surface area contributed by atoms with Gasteiger partial charge < -0.3 is 14.8 Å². The summed E-state index contributed by atoms with van der Waals surface area (Å²) in [4.78, 5) is 21.1. The van der Waals surface area contributed by atoms with Gasteiger partial charge in [0.15, 0.2) is 6.73 Å². The number of hydrogen-bond acceptors (Lipinski definition) is 6. The Balaban J connectivity index is 2.87. The normalized spacial score (nSPS) is 10.2. The van der Waals surface area contributed by atoms with Crippen LogP contribution in [0.15, 0.2) is 28.5 Å². The van der Waals surface area contributed by atoms with Gasteiger partial charge >= 0.3 is 0 Å². The quantitative estimate of drug-likeness (QED) is 0.355. The van der Waals surface area contributed by atoms with E-state index in [2.05, 4.69) is 20.4 Å². The maximum Gasteiger partial charge on any atom is 0.294 e. The van der Waals surface area contributed by atoms with Crippen LogP contribution < -0.4 is 10.1 Å². The molecule has 1 N–H and O–H groups in total. The van der Waals surface area contributed by atoms with Crippen LogP contribution in [-0.2, 0) is 14.3 Å². The summed E-state index contributed by atoms with van der Waals surface area (Å²) in [6.45, 7) is 1.72. The number of methoxy groups -OCH3 is 1. The molecule has 0 radical (unpaired) electrons. The molecule has 0 unspecified atom stereocenters. The summed E-state index contributed by atoms with van der Waals surface area (Å²) < 4.78 is 9.67. The van der Waals surface area contributed by atoms with Crippen molar-refractivity contribution in [1.29, 1.82) is 0 Å². The number of carbonyl (C=O) groups is 2. The summed E-state index contributed by atoms with van der Waals surface area (Å²) in [5.74, 6) is 0.321. The first-order chi connectivity index (χ1) is 9.56. The van der Waals surface area contributed by atoms with E-state index >= 15 is 0 Å². The predicted octanol–water partition coefficient (Wildman–Crippen LogP) is 1.71. The fourth-order valence-corrected chi connectivity index (χ4v) is 1.34. The van der Waals surface area contributed by atoms with Gasteiger partial charge in [0, 0.05) is 19.7 Å². The molecular weight excluding hydrogens is 264 g/mol. The van der Waals surface area contributed by atoms with Crippen LogP contribution in [0.5, 0.6) is 5.75 Å². The lowest BCUT2D eigenvalue weighted by Crippen LogP contribution is -2.13. The third-order valence-corrected chi connectivity index (χ3v) is 2.13. The average molecular weight is 280 g/mol. The summed E-state index contributed by atoms with van der Waals surface area (Å²) in [5, 5.41) is 11.8. The van der Waals surface area contributed by atoms with Crippen molar-refractivity contribution in [2.75, 3.05) is 26.2 Å². The van der Waals surface area contributed by atoms with Gasteiger partial charge in [-0.25, -0.2) is 5.01 Å². The fourth-order valence-electron chi connectivity index (χ4n) is 1.34. The molecule has 1 aromatic rings. The van der Waals surface area contributed by atoms with E-state index in [9.17, 15) is 9.59 Å². The van der Waals surface area contributed by atoms with Crippen LogP contribution in [0.4, 0.5) is 11.4 Å². The molecule has 0 bridgehead atoms. The molecule has 0 aliphatic carbocycles. The van der Waals surface area contributed by atoms with Crippen molar-refractivity contribution in [3.63, 3.8) is 0 Å². The van der Waals surface area contributed by atoms with Crippen LogP contribution in [0.2, 0.25) is 0 Å². The number of benzene rings is 1. The molecule has 0 fully saturated rings. The van der Waals surface area contributed by atoms with Gasteiger partial charge in [-0.15, -0.1) is 5.11 Å². The van der Waals surface area contributed by atoms with Crippen LogP contribution in [0.25, 0.3) is 0 Å². The monoisotopic (exact) mass is 280 g/mol. The molecule has 0 aromatic heterocycles. The molecule has 0 aliphatic heterocycles. The van der Waals surface area contributed by atoms with Gasteiger partial charge in [-0.05, 0) is 18.2 Å². The Kier molecular flexibility index (Phi) is 5.95. The van der Waals surface area contributed by atoms with Crippen LogP contribution in [-0.4, -0.2) is 38.3 Å². The molecule has 8 nitrogen and oxygen atoms in total. The Labute approximate surface area is 116 Å². The highest BCUT2D eigenvalue weighted by molar-refractivity contribution is 5.89. The molecule has 0 saturated heterocycles. The fraction of sp³-hybridized carbons (Fsp3) is 0.333. The number of anilines is 1. The number of amides is 1. The lowest BCUT2D eigenvalue weighted by molar-refractivity contribution is -0.132. The Morgan fingerprint density at radius 2 is 2.25 bits per heavy atom. The van der Waals surface area contributed by atoms with Crippen molar-refractivity contribution >= 4 is 23.8 Å². The first-order valence-corrected chi connectivity index (χ1v) is 5.70. The molecule has 1 aromatic carbocycles. The van der Waals surface area contributed by atoms with E-state index in [0.29, 0.717) is 23.6 Å². The number of nitrogens with one attached hydrogen (secondary N) is 1. The predicted molar refractivity (Wildman–Crippen MR) is 71.6 cm³/mol. The largest absolute Gasteiger partial charge is 0.494 e. The molecule has 108 valence electrons. The van der Waals surface area contributed by atoms with Gasteiger partial charge in [0.05, 0.1) is 7.11 Å². The van der Waals surface area contributed by atoms with E-state index < -0.39 is 0 Å². The first-order valence-electron chi connectivity index (χ1n) is 5.70. The number of ether oxygens (including phenoxy) is 2. The molecule has 0 heterocycles. The molecule has 0 atom stereocenters. The Bertz CT molecular complexity index is 504. The number of hydrogen-bond donors (Lipinski definition) is 1. The van der Waals surface area contributed by atoms with E-state index in [0.717, 1.165) is 0 Å². The minimum atomic E-state index is -0.186. The number of nitrogens with zero attached hydrogens (tertiary/aromatic N) is 3. The number of rotatable bonds is 7. The van der Waals surface area contributed by atoms with E-state index in [1.807, 2.05) is 0 Å². The first kappa shape index (κ1) is 15.4. The molecule has 8 heteroatoms. The van der Waals surface area contributed by atoms with E-state index in [4.69, 9.17) is 4.74 Å². The third-order valence-electron chi connectivity index (χ3n) is 2.13. The second-order valence-corrected chi connectivity index (χ2v) is 3.81. The zero-order chi connectivity index (χ0) is 15.0. The summed E-state index contributed by atoms with van der Waals surface area (Å²) >= 11 is 0. The molecule has 0 aliphatic rings. The van der Waals surface area contributed by atoms with E-state index in [-0.39, 0.29) is 12.6 Å². The van der Waals surface area contributed by atoms with Crippen molar-refractivity contribution in [2.45, 2.75) is 6.92 Å². The smallest absolute Gasteiger partial charge is 0.294 e. The van der Waals surface area contributed by atoms with Crippen molar-refractivity contribution < 1.29 is 19.1 Å². The standard InChI is InChI=1S/C12H16N4O4/c1-9(18)13-10-4-5-12(19-3)11(6-10)14-15-16(2)7-20-8-17/h4-6,8H,7H2,1-3H3,(H,13,18)/b15-14+. The zero-order valence-electron chi connectivity index (χ0n) is 11.5. The molecule has 0 spiro atoms. The second-order valence-electron chi connectivity index (χ2n) is 3.81. The lowest BCUT2D eigenvalue weighted by atomic mass is 10.2. The Morgan fingerprint density at radius 3 is 2.85 bits per heavy atom. The van der Waals surface area contributed by atoms with Crippen molar-refractivity contribution in [2.24, 2.45) is 10.3 Å². The maximum atomic E-state index is 11.0. The molecule has 1 rings (SSSR count). The maximum absolute atomic E-state index is 11.0. The van der Waals surface area contributed by atoms with Gasteiger partial charge in [0.1, 0.15) is 11.4 Å². The molecular formula is C12H16N4O4. The highest BCUT2D eigenvalue weighted by atomic mass is 16.5. The van der Waals surface area contributed by atoms with Crippen LogP contribution in [0.1, 0.15) is 6.92 Å². The molecule has 1 amide bonds. The van der Waals surface area contributed by atoms with Crippen molar-refractivity contribution in [3.8, 4) is 5.75 Å². The highest BCUT2D eigenvalue weighted by Gasteiger charge is 2.05. The molecule has 20 heavy (non-hydrogen) atoms. The van der Waals surface area contributed by atoms with Gasteiger partial charge in [0.25, 0.3) is 6.47 Å². The minimum absolute atomic E-state index is 0.0132. The number of carbonyl (C=O) groups excluding carboxylic acids is 2. The second kappa shape index (κ2) is 7.72. The SMILES string of the molecule is COc1ccc(NC(C)=O)cc1/N=N/N(C)COC=O. The Morgan fingerprint density at radius 1 is 1.50 bits per heavy atom. The van der Waals surface area contributed by atoms with Gasteiger partial charge in [0.2, 0.25) is 5.91 Å². The minimum Gasteiger partial charge on any atom is -0.494 e. The average Bonchev–Trinajstić information content (AvgIpc) is 2.42. The van der Waals surface area contributed by atoms with Gasteiger partial charge in [-0.1, -0.05) is 5.22 Å². The van der Waals surface area contributed by atoms with Crippen LogP contribution >= 0.6 is 0 Å². The van der Waals surface area contributed by atoms with Crippen molar-refractivity contribution in [3.05, 3.63) is 18.2 Å². The lowest BCUT2D eigenvalue weighted by Gasteiger charge is -2.10. The molecule has 0 saturated carbocycles. The highest BCUT2D eigenvalue weighted by Crippen LogP contribution is 2.30. The summed E-state index contributed by atoms with van der Waals surface area (Å²) in [7, 11) is 3.10. The van der Waals surface area contributed by atoms with Gasteiger partial charge in [-0.2, -0.15) is 0 Å². The van der Waals surface area contributed by atoms with Crippen LogP contribution in [0, 0.1) is 0 Å². The summed E-state index contributed by atoms with van der Waals surface area (Å²) in [6.07, 6.45) is 0. The topological polar surface area (TPSA) is 92.6 Å². The van der Waals surface area contributed by atoms with Crippen molar-refractivity contribution in [1.82, 2.24) is 5.01 Å². The van der Waals surface area contributed by atoms with E-state index in [1.165, 1.54) is 19.0 Å². The van der Waals surface area contributed by atoms with E-state index in [1.54, 1.807) is 25.2 Å². The third kappa shape index (κ3) is 4.92. The summed E-state index contributed by atoms with van der Waals surface area (Å²) in [6, 6.07) is 4.98. The summed E-state index contributed by atoms with van der Waals surface area (Å²) in [5.41, 5.74) is 1.02. The Hall–Kier alpha value is -2.64. The van der Waals surface area contributed by atoms with Crippen LogP contribution in [0.3, 0.4) is 0 Å². The zero-order valence-corrected chi connectivity index (χ0v) is 11.5. The van der Waals surface area contributed by atoms with Gasteiger partial charge in [-0.3, -0.25) is 9.59 Å².